The molecule has 18 heteroatoms. The first-order valence-corrected chi connectivity index (χ1v) is 10.4. The van der Waals surface area contributed by atoms with Crippen LogP contribution >= 0.6 is 0 Å². The quantitative estimate of drug-likeness (QED) is 0.101. The average molecular weight is 573 g/mol. The number of rotatable bonds is 6. The molecule has 0 atom stereocenters. The lowest BCUT2D eigenvalue weighted by Gasteiger charge is -2.30. The standard InChI is InChI=1S/C22H11F8N7O3/c1-40-6-11(38)37-4-7(2-9-12(23)16(27)20(33-35-31)17(28)13(9)24)22(39)8(5-37)3-10-14(25)18(29)21(34-36-32)19(30)15(10)26/h2-3H,4-6H2,1H3/b7-2+,8-3+. The van der Waals surface area contributed by atoms with Crippen molar-refractivity contribution in [3.8, 4) is 0 Å². The van der Waals surface area contributed by atoms with Crippen molar-refractivity contribution in [1.82, 2.24) is 4.90 Å². The lowest BCUT2D eigenvalue weighted by Crippen LogP contribution is -2.43. The van der Waals surface area contributed by atoms with Crippen LogP contribution in [0.4, 0.5) is 46.5 Å². The van der Waals surface area contributed by atoms with Crippen molar-refractivity contribution in [2.24, 2.45) is 10.2 Å². The van der Waals surface area contributed by atoms with Gasteiger partial charge in [0.15, 0.2) is 52.3 Å². The highest BCUT2D eigenvalue weighted by atomic mass is 19.2. The molecular formula is C22H11F8N7O3. The van der Waals surface area contributed by atoms with Gasteiger partial charge in [-0.25, -0.2) is 35.1 Å². The average Bonchev–Trinajstić information content (AvgIpc) is 2.93. The number of carbonyl (C=O) groups is 2. The molecule has 0 aliphatic carbocycles. The predicted molar refractivity (Wildman–Crippen MR) is 120 cm³/mol. The molecule has 0 N–H and O–H groups in total. The van der Waals surface area contributed by atoms with E-state index in [9.17, 15) is 44.7 Å². The monoisotopic (exact) mass is 573 g/mol. The van der Waals surface area contributed by atoms with Gasteiger partial charge >= 0.3 is 0 Å². The van der Waals surface area contributed by atoms with Crippen molar-refractivity contribution in [3.05, 3.63) is 89.7 Å². The zero-order valence-corrected chi connectivity index (χ0v) is 19.7. The van der Waals surface area contributed by atoms with Crippen molar-refractivity contribution in [1.29, 1.82) is 0 Å². The summed E-state index contributed by atoms with van der Waals surface area (Å²) in [6.07, 6.45) is 0.579. The number of methoxy groups -OCH3 is 1. The van der Waals surface area contributed by atoms with E-state index < -0.39 is 112 Å². The smallest absolute Gasteiger partial charge is 0.249 e. The number of likely N-dealkylation sites (tertiary alicyclic amines) is 1. The molecule has 0 aromatic heterocycles. The third-order valence-corrected chi connectivity index (χ3v) is 5.40. The number of Topliss-reactive ketones (excluding diaryl/α,β-unsaturated/α-hetero) is 1. The van der Waals surface area contributed by atoms with E-state index in [1.165, 1.54) is 0 Å². The number of benzene rings is 2. The fraction of sp³-hybridized carbons (Fsp3) is 0.182. The molecule has 208 valence electrons. The second-order valence-electron chi connectivity index (χ2n) is 7.77. The van der Waals surface area contributed by atoms with Gasteiger partial charge in [0, 0.05) is 41.2 Å². The van der Waals surface area contributed by atoms with Gasteiger partial charge in [-0.15, -0.1) is 0 Å². The molecule has 1 saturated heterocycles. The van der Waals surface area contributed by atoms with E-state index in [1.54, 1.807) is 0 Å². The number of halogens is 8. The van der Waals surface area contributed by atoms with Gasteiger partial charge < -0.3 is 9.64 Å². The molecule has 1 amide bonds. The minimum atomic E-state index is -2.12. The van der Waals surface area contributed by atoms with Gasteiger partial charge in [0.25, 0.3) is 0 Å². The molecule has 2 aromatic carbocycles. The number of azide groups is 2. The molecule has 1 aliphatic rings. The molecule has 1 heterocycles. The van der Waals surface area contributed by atoms with Crippen molar-refractivity contribution in [3.63, 3.8) is 0 Å². The molecule has 0 radical (unpaired) electrons. The summed E-state index contributed by atoms with van der Waals surface area (Å²) in [5, 5.41) is 5.04. The van der Waals surface area contributed by atoms with Gasteiger partial charge in [0.05, 0.1) is 11.1 Å². The Kier molecular flexibility index (Phi) is 8.78. The van der Waals surface area contributed by atoms with E-state index in [0.29, 0.717) is 0 Å². The number of nitrogens with zero attached hydrogens (tertiary/aromatic N) is 7. The zero-order valence-electron chi connectivity index (χ0n) is 19.7. The highest BCUT2D eigenvalue weighted by Crippen LogP contribution is 2.34. The third-order valence-electron chi connectivity index (χ3n) is 5.40. The number of hydrogen-bond donors (Lipinski definition) is 0. The van der Waals surface area contributed by atoms with Crippen LogP contribution in [0.1, 0.15) is 11.1 Å². The molecule has 3 rings (SSSR count). The van der Waals surface area contributed by atoms with Crippen LogP contribution < -0.4 is 0 Å². The molecule has 40 heavy (non-hydrogen) atoms. The minimum absolute atomic E-state index is 0.289. The Morgan fingerprint density at radius 3 is 1.43 bits per heavy atom. The Balaban J connectivity index is 2.26. The van der Waals surface area contributed by atoms with Crippen LogP contribution in [0.2, 0.25) is 0 Å². The van der Waals surface area contributed by atoms with E-state index >= 15 is 0 Å². The number of ether oxygens (including phenoxy) is 1. The number of amides is 1. The third kappa shape index (κ3) is 5.31. The summed E-state index contributed by atoms with van der Waals surface area (Å²) < 4.78 is 120. The second kappa shape index (κ2) is 11.9. The number of carbonyl (C=O) groups excluding carboxylic acids is 2. The summed E-state index contributed by atoms with van der Waals surface area (Å²) in [6.45, 7) is -2.15. The summed E-state index contributed by atoms with van der Waals surface area (Å²) in [6, 6.07) is 0. The molecule has 0 saturated carbocycles. The molecule has 0 spiro atoms. The first kappa shape index (κ1) is 29.6. The molecule has 2 aromatic rings. The Labute approximate surface area is 217 Å². The Bertz CT molecular complexity index is 1450. The summed E-state index contributed by atoms with van der Waals surface area (Å²) in [4.78, 5) is 30.4. The highest BCUT2D eigenvalue weighted by molar-refractivity contribution is 6.15. The maximum atomic E-state index is 14.6. The summed E-state index contributed by atoms with van der Waals surface area (Å²) in [5.41, 5.74) is 8.93. The van der Waals surface area contributed by atoms with Crippen LogP contribution in [0.15, 0.2) is 21.4 Å². The van der Waals surface area contributed by atoms with Gasteiger partial charge in [0.2, 0.25) is 5.91 Å². The molecule has 0 bridgehead atoms. The van der Waals surface area contributed by atoms with E-state index in [4.69, 9.17) is 11.1 Å². The van der Waals surface area contributed by atoms with Crippen LogP contribution in [0, 0.1) is 46.5 Å². The van der Waals surface area contributed by atoms with Gasteiger partial charge in [0.1, 0.15) is 18.0 Å². The van der Waals surface area contributed by atoms with Crippen molar-refractivity contribution in [2.75, 3.05) is 26.8 Å². The van der Waals surface area contributed by atoms with Crippen LogP contribution in [0.3, 0.4) is 0 Å². The van der Waals surface area contributed by atoms with Crippen LogP contribution in [0.25, 0.3) is 33.0 Å². The lowest BCUT2D eigenvalue weighted by atomic mass is 9.93. The summed E-state index contributed by atoms with van der Waals surface area (Å²) >= 11 is 0. The van der Waals surface area contributed by atoms with Crippen molar-refractivity contribution >= 4 is 35.2 Å². The molecule has 1 aliphatic heterocycles. The SMILES string of the molecule is COCC(=O)N1C/C(=C\c2c(F)c(F)c(N=[N+]=[N-])c(F)c2F)C(=O)/C(=C/c2c(F)c(F)c(N=[N+]=[N-])c(F)c2F)C1. The van der Waals surface area contributed by atoms with E-state index in [2.05, 4.69) is 15.0 Å². The minimum Gasteiger partial charge on any atom is -0.375 e. The molecule has 1 fully saturated rings. The fourth-order valence-electron chi connectivity index (χ4n) is 3.57. The Morgan fingerprint density at radius 1 is 0.775 bits per heavy atom. The molecular weight excluding hydrogens is 562 g/mol. The fourth-order valence-corrected chi connectivity index (χ4v) is 3.57. The van der Waals surface area contributed by atoms with Crippen molar-refractivity contribution < 1.29 is 49.4 Å². The molecule has 10 nitrogen and oxygen atoms in total. The van der Waals surface area contributed by atoms with Crippen LogP contribution in [-0.4, -0.2) is 43.4 Å². The van der Waals surface area contributed by atoms with Gasteiger partial charge in [-0.1, -0.05) is 10.2 Å². The van der Waals surface area contributed by atoms with Crippen LogP contribution in [-0.2, 0) is 14.3 Å². The number of piperidine rings is 1. The summed E-state index contributed by atoms with van der Waals surface area (Å²) in [7, 11) is 1.10. The lowest BCUT2D eigenvalue weighted by molar-refractivity contribution is -0.135. The summed E-state index contributed by atoms with van der Waals surface area (Å²) in [5.74, 6) is -19.0. The predicted octanol–water partition coefficient (Wildman–Crippen LogP) is 6.21. The van der Waals surface area contributed by atoms with Crippen LogP contribution in [0.5, 0.6) is 0 Å². The largest absolute Gasteiger partial charge is 0.375 e. The Morgan fingerprint density at radius 2 is 1.12 bits per heavy atom. The number of hydrogen-bond acceptors (Lipinski definition) is 5. The normalized spacial score (nSPS) is 15.3. The van der Waals surface area contributed by atoms with Gasteiger partial charge in [-0.05, 0) is 23.2 Å². The molecule has 0 unspecified atom stereocenters. The van der Waals surface area contributed by atoms with Crippen molar-refractivity contribution in [2.45, 2.75) is 0 Å². The van der Waals surface area contributed by atoms with Gasteiger partial charge in [-0.2, -0.15) is 0 Å². The second-order valence-corrected chi connectivity index (χ2v) is 7.77. The highest BCUT2D eigenvalue weighted by Gasteiger charge is 2.32. The van der Waals surface area contributed by atoms with E-state index in [-0.39, 0.29) is 12.2 Å². The topological polar surface area (TPSA) is 144 Å². The Hall–Kier alpha value is -4.92. The zero-order chi connectivity index (χ0) is 29.9. The first-order chi connectivity index (χ1) is 18.9. The maximum Gasteiger partial charge on any atom is 0.249 e. The van der Waals surface area contributed by atoms with Gasteiger partial charge in [-0.3, -0.25) is 9.59 Å². The first-order valence-electron chi connectivity index (χ1n) is 10.4. The van der Waals surface area contributed by atoms with E-state index in [1.807, 2.05) is 9.82 Å². The maximum absolute atomic E-state index is 14.6. The van der Waals surface area contributed by atoms with E-state index in [0.717, 1.165) is 12.0 Å². The number of ketones is 1.